The van der Waals surface area contributed by atoms with E-state index in [1.165, 1.54) is 5.56 Å². The van der Waals surface area contributed by atoms with Crippen molar-refractivity contribution in [3.8, 4) is 22.5 Å². The van der Waals surface area contributed by atoms with Gasteiger partial charge in [-0.25, -0.2) is 9.97 Å². The van der Waals surface area contributed by atoms with Gasteiger partial charge in [0.15, 0.2) is 0 Å². The fraction of sp³-hybridized carbons (Fsp3) is 0.190. The van der Waals surface area contributed by atoms with Crippen molar-refractivity contribution in [2.45, 2.75) is 20.4 Å². The van der Waals surface area contributed by atoms with E-state index in [-0.39, 0.29) is 12.4 Å². The summed E-state index contributed by atoms with van der Waals surface area (Å²) in [6, 6.07) is 18.6. The van der Waals surface area contributed by atoms with Gasteiger partial charge in [0.05, 0.1) is 0 Å². The number of nitrogens with one attached hydrogen (secondary N) is 1. The molecule has 4 rings (SSSR count). The number of nitrogens with zero attached hydrogens (tertiary/aromatic N) is 6. The number of aromatic amines is 1. The molecule has 0 bridgehead atoms. The average molecular weight is 408 g/mol. The van der Waals surface area contributed by atoms with Crippen LogP contribution in [0.25, 0.3) is 22.5 Å². The zero-order chi connectivity index (χ0) is 19.5. The lowest BCUT2D eigenvalue weighted by molar-refractivity contribution is 0.872. The summed E-state index contributed by atoms with van der Waals surface area (Å²) >= 11 is 0. The topological polar surface area (TPSA) is 83.5 Å². The Balaban J connectivity index is 0.00000240. The normalized spacial score (nSPS) is 10.4. The third kappa shape index (κ3) is 4.57. The highest BCUT2D eigenvalue weighted by molar-refractivity contribution is 5.85. The monoisotopic (exact) mass is 407 g/mol. The van der Waals surface area contributed by atoms with E-state index < -0.39 is 0 Å². The second-order valence-corrected chi connectivity index (χ2v) is 6.75. The van der Waals surface area contributed by atoms with Crippen molar-refractivity contribution in [2.75, 3.05) is 11.9 Å². The molecule has 2 heterocycles. The summed E-state index contributed by atoms with van der Waals surface area (Å²) in [5.41, 5.74) is 5.32. The van der Waals surface area contributed by atoms with E-state index in [2.05, 4.69) is 65.8 Å². The van der Waals surface area contributed by atoms with Gasteiger partial charge in [-0.05, 0) is 35.8 Å². The van der Waals surface area contributed by atoms with E-state index in [9.17, 15) is 0 Å². The van der Waals surface area contributed by atoms with Crippen molar-refractivity contribution in [3.05, 3.63) is 71.7 Å². The molecule has 0 aliphatic carbocycles. The Morgan fingerprint density at radius 2 is 1.66 bits per heavy atom. The zero-order valence-electron chi connectivity index (χ0n) is 16.5. The maximum atomic E-state index is 4.53. The molecule has 8 heteroatoms. The molecule has 0 atom stereocenters. The first-order chi connectivity index (χ1) is 13.6. The van der Waals surface area contributed by atoms with Gasteiger partial charge in [0.25, 0.3) is 0 Å². The third-order valence-corrected chi connectivity index (χ3v) is 4.54. The number of halogens is 1. The van der Waals surface area contributed by atoms with Crippen molar-refractivity contribution >= 4 is 18.2 Å². The lowest BCUT2D eigenvalue weighted by Crippen LogP contribution is -2.18. The molecule has 148 valence electrons. The van der Waals surface area contributed by atoms with Crippen LogP contribution in [0.1, 0.15) is 17.1 Å². The summed E-state index contributed by atoms with van der Waals surface area (Å²) in [5.74, 6) is 2.31. The van der Waals surface area contributed by atoms with Crippen LogP contribution in [0.4, 0.5) is 5.82 Å². The Hall–Kier alpha value is -3.32. The number of rotatable bonds is 5. The molecular weight excluding hydrogens is 386 g/mol. The number of aryl methyl sites for hydroxylation is 2. The molecule has 0 fully saturated rings. The smallest absolute Gasteiger partial charge is 0.205 e. The molecule has 29 heavy (non-hydrogen) atoms. The maximum absolute atomic E-state index is 4.53. The van der Waals surface area contributed by atoms with Gasteiger partial charge >= 0.3 is 0 Å². The zero-order valence-corrected chi connectivity index (χ0v) is 17.3. The first-order valence-corrected chi connectivity index (χ1v) is 9.06. The molecule has 0 aliphatic heterocycles. The van der Waals surface area contributed by atoms with Crippen LogP contribution in [0.2, 0.25) is 0 Å². The quantitative estimate of drug-likeness (QED) is 0.538. The Morgan fingerprint density at radius 1 is 0.931 bits per heavy atom. The average Bonchev–Trinajstić information content (AvgIpc) is 3.22. The van der Waals surface area contributed by atoms with Crippen molar-refractivity contribution in [1.82, 2.24) is 30.6 Å². The Kier molecular flexibility index (Phi) is 6.19. The van der Waals surface area contributed by atoms with Gasteiger partial charge in [0.2, 0.25) is 5.82 Å². The summed E-state index contributed by atoms with van der Waals surface area (Å²) in [6.07, 6.45) is 0. The van der Waals surface area contributed by atoms with E-state index in [1.54, 1.807) is 0 Å². The molecule has 1 N–H and O–H groups in total. The van der Waals surface area contributed by atoms with Gasteiger partial charge in [-0.2, -0.15) is 5.21 Å². The Bertz CT molecular complexity index is 1060. The van der Waals surface area contributed by atoms with Crippen LogP contribution in [-0.2, 0) is 6.54 Å². The number of benzene rings is 2. The lowest BCUT2D eigenvalue weighted by atomic mass is 9.98. The van der Waals surface area contributed by atoms with Crippen LogP contribution in [0.5, 0.6) is 0 Å². The third-order valence-electron chi connectivity index (χ3n) is 4.54. The Morgan fingerprint density at radius 3 is 2.31 bits per heavy atom. The van der Waals surface area contributed by atoms with E-state index in [0.29, 0.717) is 5.82 Å². The highest BCUT2D eigenvalue weighted by Gasteiger charge is 2.11. The van der Waals surface area contributed by atoms with Gasteiger partial charge in [-0.3, -0.25) is 0 Å². The van der Waals surface area contributed by atoms with Gasteiger partial charge in [-0.15, -0.1) is 22.6 Å². The molecule has 2 aromatic carbocycles. The SMILES string of the molecule is Cc1cc(N(C)Cc2ccc(-c3ccccc3-c3nn[nH]n3)cc2)nc(C)n1.Cl. The lowest BCUT2D eigenvalue weighted by Gasteiger charge is -2.19. The van der Waals surface area contributed by atoms with Crippen LogP contribution >= 0.6 is 12.4 Å². The minimum Gasteiger partial charge on any atom is -0.355 e. The summed E-state index contributed by atoms with van der Waals surface area (Å²) in [5, 5.41) is 14.4. The first-order valence-electron chi connectivity index (χ1n) is 9.06. The van der Waals surface area contributed by atoms with E-state index in [4.69, 9.17) is 0 Å². The Labute approximate surface area is 175 Å². The van der Waals surface area contributed by atoms with E-state index in [1.807, 2.05) is 45.2 Å². The fourth-order valence-electron chi connectivity index (χ4n) is 3.24. The maximum Gasteiger partial charge on any atom is 0.205 e. The molecule has 0 amide bonds. The van der Waals surface area contributed by atoms with Crippen LogP contribution in [0.15, 0.2) is 54.6 Å². The van der Waals surface area contributed by atoms with E-state index in [0.717, 1.165) is 40.6 Å². The van der Waals surface area contributed by atoms with Crippen molar-refractivity contribution in [2.24, 2.45) is 0 Å². The minimum absolute atomic E-state index is 0. The summed E-state index contributed by atoms with van der Waals surface area (Å²) in [7, 11) is 2.04. The second kappa shape index (κ2) is 8.79. The van der Waals surface area contributed by atoms with E-state index >= 15 is 0 Å². The molecule has 0 spiro atoms. The number of hydrogen-bond donors (Lipinski definition) is 1. The molecule has 0 aliphatic rings. The summed E-state index contributed by atoms with van der Waals surface area (Å²) < 4.78 is 0. The highest BCUT2D eigenvalue weighted by atomic mass is 35.5. The summed E-state index contributed by atoms with van der Waals surface area (Å²) in [4.78, 5) is 11.0. The predicted molar refractivity (Wildman–Crippen MR) is 116 cm³/mol. The second-order valence-electron chi connectivity index (χ2n) is 6.75. The molecule has 0 saturated heterocycles. The van der Waals surface area contributed by atoms with Crippen LogP contribution in [0, 0.1) is 13.8 Å². The van der Waals surface area contributed by atoms with Crippen LogP contribution in [-0.4, -0.2) is 37.6 Å². The molecule has 0 saturated carbocycles. The molecular formula is C21H22ClN7. The predicted octanol–water partition coefficient (Wildman–Crippen LogP) is 4.00. The minimum atomic E-state index is 0. The number of anilines is 1. The number of aromatic nitrogens is 6. The van der Waals surface area contributed by atoms with Crippen molar-refractivity contribution in [3.63, 3.8) is 0 Å². The van der Waals surface area contributed by atoms with Gasteiger partial charge in [0, 0.05) is 30.9 Å². The molecule has 4 aromatic rings. The van der Waals surface area contributed by atoms with Gasteiger partial charge in [0.1, 0.15) is 11.6 Å². The summed E-state index contributed by atoms with van der Waals surface area (Å²) in [6.45, 7) is 4.67. The van der Waals surface area contributed by atoms with Crippen molar-refractivity contribution in [1.29, 1.82) is 0 Å². The highest BCUT2D eigenvalue weighted by Crippen LogP contribution is 2.30. The molecule has 0 radical (unpaired) electrons. The number of H-pyrrole nitrogens is 1. The van der Waals surface area contributed by atoms with Gasteiger partial charge in [-0.1, -0.05) is 48.5 Å². The number of hydrogen-bond acceptors (Lipinski definition) is 6. The molecule has 2 aromatic heterocycles. The largest absolute Gasteiger partial charge is 0.355 e. The van der Waals surface area contributed by atoms with Crippen LogP contribution < -0.4 is 4.90 Å². The standard InChI is InChI=1S/C21H21N7.ClH/c1-14-12-20(23-15(2)22-14)28(3)13-16-8-10-17(11-9-16)18-6-4-5-7-19(18)21-24-26-27-25-21;/h4-12H,13H2,1-3H3,(H,24,25,26,27);1H. The first kappa shape index (κ1) is 20.4. The fourth-order valence-corrected chi connectivity index (χ4v) is 3.24. The van der Waals surface area contributed by atoms with Crippen molar-refractivity contribution < 1.29 is 0 Å². The molecule has 0 unspecified atom stereocenters. The molecule has 7 nitrogen and oxygen atoms in total. The van der Waals surface area contributed by atoms with Gasteiger partial charge < -0.3 is 4.90 Å². The number of tetrazole rings is 1. The van der Waals surface area contributed by atoms with Crippen LogP contribution in [0.3, 0.4) is 0 Å².